The molecule has 0 radical (unpaired) electrons. The van der Waals surface area contributed by atoms with E-state index in [2.05, 4.69) is 283 Å². The SMILES string of the molecule is C1=CC(C2C=CC(N(c3ccccc3)c3ccc(-c4ccccc4-c4ccc(N(c5ccccc5)c5ccc(-c6ccccc6)cc5)cc4-c4ccccc4)c(-c4ccccc4)c3)=CC2)=CCC1. The Morgan fingerprint density at radius 1 is 0.309 bits per heavy atom. The van der Waals surface area contributed by atoms with Crippen molar-refractivity contribution in [1.82, 2.24) is 0 Å². The average molecular weight is 873 g/mol. The number of hydrogen-bond acceptors (Lipinski definition) is 2. The van der Waals surface area contributed by atoms with Crippen molar-refractivity contribution in [2.45, 2.75) is 19.3 Å². The molecule has 9 aromatic carbocycles. The molecule has 68 heavy (non-hydrogen) atoms. The number of hydrogen-bond donors (Lipinski definition) is 0. The van der Waals surface area contributed by atoms with E-state index < -0.39 is 0 Å². The van der Waals surface area contributed by atoms with Crippen molar-refractivity contribution in [3.05, 3.63) is 284 Å². The van der Waals surface area contributed by atoms with Gasteiger partial charge in [-0.2, -0.15) is 0 Å². The molecule has 2 heteroatoms. The fourth-order valence-electron chi connectivity index (χ4n) is 9.89. The average Bonchev–Trinajstić information content (AvgIpc) is 3.43. The summed E-state index contributed by atoms with van der Waals surface area (Å²) in [5.74, 6) is 0.398. The Hall–Kier alpha value is -8.46. The zero-order valence-corrected chi connectivity index (χ0v) is 38.1. The second-order valence-electron chi connectivity index (χ2n) is 17.5. The van der Waals surface area contributed by atoms with Crippen molar-refractivity contribution in [2.24, 2.45) is 5.92 Å². The Labute approximate surface area is 401 Å². The summed E-state index contributed by atoms with van der Waals surface area (Å²) in [6.45, 7) is 0. The molecular formula is C66H52N2. The van der Waals surface area contributed by atoms with Gasteiger partial charge in [0, 0.05) is 40.1 Å². The summed E-state index contributed by atoms with van der Waals surface area (Å²) < 4.78 is 0. The van der Waals surface area contributed by atoms with E-state index in [-0.39, 0.29) is 0 Å². The van der Waals surface area contributed by atoms with Crippen LogP contribution in [0.3, 0.4) is 0 Å². The summed E-state index contributed by atoms with van der Waals surface area (Å²) in [6, 6.07) is 85.7. The predicted octanol–water partition coefficient (Wildman–Crippen LogP) is 18.4. The molecule has 0 fully saturated rings. The maximum atomic E-state index is 2.42. The quantitative estimate of drug-likeness (QED) is 0.121. The highest BCUT2D eigenvalue weighted by Crippen LogP contribution is 2.46. The summed E-state index contributed by atoms with van der Waals surface area (Å²) in [5.41, 5.74) is 19.9. The topological polar surface area (TPSA) is 6.48 Å². The van der Waals surface area contributed by atoms with Gasteiger partial charge in [0.15, 0.2) is 0 Å². The fourth-order valence-corrected chi connectivity index (χ4v) is 9.89. The van der Waals surface area contributed by atoms with Gasteiger partial charge < -0.3 is 9.80 Å². The van der Waals surface area contributed by atoms with Gasteiger partial charge in [0.25, 0.3) is 0 Å². The molecule has 0 aromatic heterocycles. The zero-order chi connectivity index (χ0) is 45.5. The lowest BCUT2D eigenvalue weighted by molar-refractivity contribution is 0.762. The van der Waals surface area contributed by atoms with Crippen LogP contribution in [0.2, 0.25) is 0 Å². The number of nitrogens with zero attached hydrogens (tertiary/aromatic N) is 2. The maximum Gasteiger partial charge on any atom is 0.0468 e. The molecule has 0 spiro atoms. The first kappa shape index (κ1) is 42.2. The molecular weight excluding hydrogens is 821 g/mol. The summed E-state index contributed by atoms with van der Waals surface area (Å²) in [5, 5.41) is 0. The zero-order valence-electron chi connectivity index (χ0n) is 38.1. The van der Waals surface area contributed by atoms with E-state index in [9.17, 15) is 0 Å². The Morgan fingerprint density at radius 2 is 0.735 bits per heavy atom. The van der Waals surface area contributed by atoms with Crippen LogP contribution in [-0.4, -0.2) is 0 Å². The van der Waals surface area contributed by atoms with Crippen molar-refractivity contribution in [3.8, 4) is 55.6 Å². The summed E-state index contributed by atoms with van der Waals surface area (Å²) >= 11 is 0. The molecule has 2 nitrogen and oxygen atoms in total. The first-order chi connectivity index (χ1) is 33.7. The van der Waals surface area contributed by atoms with Crippen LogP contribution >= 0.6 is 0 Å². The maximum absolute atomic E-state index is 2.42. The van der Waals surface area contributed by atoms with E-state index in [1.807, 2.05) is 0 Å². The molecule has 0 amide bonds. The number of para-hydroxylation sites is 2. The minimum atomic E-state index is 0.398. The van der Waals surface area contributed by atoms with E-state index in [1.165, 1.54) is 61.3 Å². The van der Waals surface area contributed by atoms with Gasteiger partial charge in [-0.05, 0) is 147 Å². The molecule has 9 aromatic rings. The molecule has 0 saturated carbocycles. The number of rotatable bonds is 12. The summed E-state index contributed by atoms with van der Waals surface area (Å²) in [4.78, 5) is 4.78. The van der Waals surface area contributed by atoms with Gasteiger partial charge in [-0.1, -0.05) is 206 Å². The van der Waals surface area contributed by atoms with Gasteiger partial charge in [-0.25, -0.2) is 0 Å². The molecule has 11 rings (SSSR count). The van der Waals surface area contributed by atoms with E-state index in [1.54, 1.807) is 0 Å². The van der Waals surface area contributed by atoms with Crippen molar-refractivity contribution in [1.29, 1.82) is 0 Å². The molecule has 0 saturated heterocycles. The molecule has 0 aliphatic heterocycles. The standard InChI is InChI=1S/C66H52N2/c1-7-21-49(22-8-1)51-35-39-57(40-36-51)67(55-29-15-5-16-30-55)59-43-45-63(65(47-59)53-25-11-3-12-26-53)61-33-19-20-34-62(61)64-46-44-60(48-66(64)54-27-13-4-14-28-54)68(56-31-17-6-18-32-56)58-41-37-52(38-42-58)50-23-9-2-10-24-50/h1,3-9,11-37,39-48,52H,2,10,38H2. The third kappa shape index (κ3) is 8.80. The van der Waals surface area contributed by atoms with Crippen LogP contribution in [0.4, 0.5) is 28.4 Å². The smallest absolute Gasteiger partial charge is 0.0468 e. The minimum Gasteiger partial charge on any atom is -0.311 e. The van der Waals surface area contributed by atoms with Crippen molar-refractivity contribution in [3.63, 3.8) is 0 Å². The van der Waals surface area contributed by atoms with E-state index in [4.69, 9.17) is 0 Å². The highest BCUT2D eigenvalue weighted by molar-refractivity contribution is 5.98. The second-order valence-corrected chi connectivity index (χ2v) is 17.5. The monoisotopic (exact) mass is 872 g/mol. The summed E-state index contributed by atoms with van der Waals surface area (Å²) in [6.07, 6.45) is 17.4. The van der Waals surface area contributed by atoms with Crippen molar-refractivity contribution < 1.29 is 0 Å². The van der Waals surface area contributed by atoms with Crippen molar-refractivity contribution in [2.75, 3.05) is 9.80 Å². The second kappa shape index (κ2) is 19.6. The molecule has 0 N–H and O–H groups in total. The van der Waals surface area contributed by atoms with E-state index in [0.717, 1.165) is 53.3 Å². The van der Waals surface area contributed by atoms with Gasteiger partial charge in [-0.15, -0.1) is 0 Å². The normalized spacial score (nSPS) is 14.2. The van der Waals surface area contributed by atoms with Crippen molar-refractivity contribution >= 4 is 28.4 Å². The Balaban J connectivity index is 1.03. The van der Waals surface area contributed by atoms with Crippen LogP contribution in [0.15, 0.2) is 284 Å². The highest BCUT2D eigenvalue weighted by atomic mass is 15.1. The van der Waals surface area contributed by atoms with Gasteiger partial charge in [0.2, 0.25) is 0 Å². The third-order valence-electron chi connectivity index (χ3n) is 13.3. The van der Waals surface area contributed by atoms with Gasteiger partial charge >= 0.3 is 0 Å². The molecule has 326 valence electrons. The molecule has 1 unspecified atom stereocenters. The number of benzene rings is 9. The molecule has 2 aliphatic carbocycles. The number of allylic oxidation sites excluding steroid dienone is 7. The summed E-state index contributed by atoms with van der Waals surface area (Å²) in [7, 11) is 0. The molecule has 0 heterocycles. The first-order valence-corrected chi connectivity index (χ1v) is 23.8. The lowest BCUT2D eigenvalue weighted by Crippen LogP contribution is -2.18. The number of anilines is 5. The highest BCUT2D eigenvalue weighted by Gasteiger charge is 2.23. The lowest BCUT2D eigenvalue weighted by Gasteiger charge is -2.30. The molecule has 1 atom stereocenters. The Morgan fingerprint density at radius 3 is 1.24 bits per heavy atom. The molecule has 0 bridgehead atoms. The van der Waals surface area contributed by atoms with Gasteiger partial charge in [0.1, 0.15) is 0 Å². The fraction of sp³-hybridized carbons (Fsp3) is 0.0606. The van der Waals surface area contributed by atoms with Crippen LogP contribution in [0.1, 0.15) is 19.3 Å². The van der Waals surface area contributed by atoms with E-state index in [0.29, 0.717) is 5.92 Å². The Kier molecular flexibility index (Phi) is 12.1. The minimum absolute atomic E-state index is 0.398. The van der Waals surface area contributed by atoms with Gasteiger partial charge in [0.05, 0.1) is 0 Å². The Bertz CT molecular complexity index is 3280. The van der Waals surface area contributed by atoms with Crippen LogP contribution in [0.25, 0.3) is 55.6 Å². The van der Waals surface area contributed by atoms with Gasteiger partial charge in [-0.3, -0.25) is 0 Å². The van der Waals surface area contributed by atoms with Crippen LogP contribution < -0.4 is 9.80 Å². The predicted molar refractivity (Wildman–Crippen MR) is 289 cm³/mol. The van der Waals surface area contributed by atoms with Crippen LogP contribution in [0.5, 0.6) is 0 Å². The van der Waals surface area contributed by atoms with Crippen LogP contribution in [0, 0.1) is 5.92 Å². The third-order valence-corrected chi connectivity index (χ3v) is 13.3. The van der Waals surface area contributed by atoms with E-state index >= 15 is 0 Å². The lowest BCUT2D eigenvalue weighted by atomic mass is 9.86. The largest absolute Gasteiger partial charge is 0.311 e. The molecule has 2 aliphatic rings. The first-order valence-electron chi connectivity index (χ1n) is 23.8. The van der Waals surface area contributed by atoms with Crippen LogP contribution in [-0.2, 0) is 0 Å².